The van der Waals surface area contributed by atoms with Crippen LogP contribution < -0.4 is 25.0 Å². The lowest BCUT2D eigenvalue weighted by Crippen LogP contribution is -2.44. The van der Waals surface area contributed by atoms with Crippen LogP contribution in [0.15, 0.2) is 47.5 Å². The molecule has 2 N–H and O–H groups in total. The molecule has 30 heavy (non-hydrogen) atoms. The molecule has 2 aromatic rings. The van der Waals surface area contributed by atoms with Crippen LogP contribution in [0, 0.1) is 6.92 Å². The summed E-state index contributed by atoms with van der Waals surface area (Å²) < 4.78 is 10.7. The molecule has 6 nitrogen and oxygen atoms in total. The fourth-order valence-corrected chi connectivity index (χ4v) is 3.53. The molecule has 164 valence electrons. The largest absolute Gasteiger partial charge is 0.493 e. The maximum atomic E-state index is 5.39. The normalized spacial score (nSPS) is 16.1. The standard InChI is InChI=1S/C23H32N4O2.HI/c1-5-24-23(25-15-18-8-11-21(28-3)22(14-18)29-4)26-19-12-13-27(16-19)20-9-6-17(2)7-10-20;/h6-11,14,19H,5,12-13,15-16H2,1-4H3,(H2,24,25,26);1H. The van der Waals surface area contributed by atoms with Gasteiger partial charge in [-0.15, -0.1) is 24.0 Å². The van der Waals surface area contributed by atoms with E-state index in [1.54, 1.807) is 14.2 Å². The molecule has 2 aromatic carbocycles. The number of aliphatic imine (C=N–C) groups is 1. The van der Waals surface area contributed by atoms with Gasteiger partial charge in [0.05, 0.1) is 20.8 Å². The Morgan fingerprint density at radius 2 is 1.83 bits per heavy atom. The number of ether oxygens (including phenoxy) is 2. The summed E-state index contributed by atoms with van der Waals surface area (Å²) in [7, 11) is 3.29. The Hall–Kier alpha value is -2.16. The average Bonchev–Trinajstić information content (AvgIpc) is 3.21. The van der Waals surface area contributed by atoms with Crippen molar-refractivity contribution in [3.8, 4) is 11.5 Å². The monoisotopic (exact) mass is 524 g/mol. The van der Waals surface area contributed by atoms with E-state index in [0.29, 0.717) is 12.6 Å². The SMILES string of the molecule is CCNC(=NCc1ccc(OC)c(OC)c1)NC1CCN(c2ccc(C)cc2)C1.I. The van der Waals surface area contributed by atoms with Crippen molar-refractivity contribution in [2.45, 2.75) is 32.9 Å². The van der Waals surface area contributed by atoms with Crippen molar-refractivity contribution in [3.05, 3.63) is 53.6 Å². The van der Waals surface area contributed by atoms with E-state index < -0.39 is 0 Å². The van der Waals surface area contributed by atoms with Crippen molar-refractivity contribution in [2.75, 3.05) is 38.8 Å². The van der Waals surface area contributed by atoms with Crippen LogP contribution in [0.2, 0.25) is 0 Å². The van der Waals surface area contributed by atoms with Crippen molar-refractivity contribution in [1.82, 2.24) is 10.6 Å². The number of nitrogens with one attached hydrogen (secondary N) is 2. The number of benzene rings is 2. The Morgan fingerprint density at radius 1 is 1.10 bits per heavy atom. The zero-order valence-electron chi connectivity index (χ0n) is 18.3. The van der Waals surface area contributed by atoms with Crippen LogP contribution in [0.5, 0.6) is 11.5 Å². The molecule has 1 heterocycles. The molecule has 3 rings (SSSR count). The molecule has 1 aliphatic heterocycles. The van der Waals surface area contributed by atoms with Crippen molar-refractivity contribution in [3.63, 3.8) is 0 Å². The van der Waals surface area contributed by atoms with Crippen LogP contribution in [0.25, 0.3) is 0 Å². The summed E-state index contributed by atoms with van der Waals surface area (Å²) in [4.78, 5) is 7.19. The first-order valence-electron chi connectivity index (χ1n) is 10.2. The van der Waals surface area contributed by atoms with E-state index in [9.17, 15) is 0 Å². The van der Waals surface area contributed by atoms with Gasteiger partial charge in [0, 0.05) is 31.4 Å². The molecule has 1 atom stereocenters. The maximum absolute atomic E-state index is 5.39. The van der Waals surface area contributed by atoms with Crippen LogP contribution >= 0.6 is 24.0 Å². The highest BCUT2D eigenvalue weighted by atomic mass is 127. The molecule has 7 heteroatoms. The van der Waals surface area contributed by atoms with Gasteiger partial charge < -0.3 is 25.0 Å². The average molecular weight is 524 g/mol. The van der Waals surface area contributed by atoms with Gasteiger partial charge in [0.15, 0.2) is 17.5 Å². The molecule has 0 amide bonds. The zero-order valence-corrected chi connectivity index (χ0v) is 20.6. The van der Waals surface area contributed by atoms with Gasteiger partial charge in [-0.3, -0.25) is 0 Å². The summed E-state index contributed by atoms with van der Waals surface area (Å²) in [6.45, 7) is 7.63. The number of halogens is 1. The Morgan fingerprint density at radius 3 is 2.50 bits per heavy atom. The lowest BCUT2D eigenvalue weighted by Gasteiger charge is -2.20. The molecule has 1 fully saturated rings. The molecule has 0 radical (unpaired) electrons. The summed E-state index contributed by atoms with van der Waals surface area (Å²) in [5, 5.41) is 6.95. The zero-order chi connectivity index (χ0) is 20.6. The lowest BCUT2D eigenvalue weighted by atomic mass is 10.2. The molecule has 0 aliphatic carbocycles. The smallest absolute Gasteiger partial charge is 0.191 e. The van der Waals surface area contributed by atoms with Crippen LogP contribution in [-0.4, -0.2) is 45.9 Å². The number of hydrogen-bond acceptors (Lipinski definition) is 4. The van der Waals surface area contributed by atoms with Crippen molar-refractivity contribution in [2.24, 2.45) is 4.99 Å². The third-order valence-corrected chi connectivity index (χ3v) is 5.14. The fraction of sp³-hybridized carbons (Fsp3) is 0.435. The summed E-state index contributed by atoms with van der Waals surface area (Å²) in [5.74, 6) is 2.30. The molecule has 1 unspecified atom stereocenters. The molecular weight excluding hydrogens is 491 g/mol. The number of hydrogen-bond donors (Lipinski definition) is 2. The second kappa shape index (κ2) is 11.9. The molecule has 1 saturated heterocycles. The van der Waals surface area contributed by atoms with Crippen LogP contribution in [0.4, 0.5) is 5.69 Å². The summed E-state index contributed by atoms with van der Waals surface area (Å²) in [5.41, 5.74) is 3.65. The van der Waals surface area contributed by atoms with Crippen molar-refractivity contribution in [1.29, 1.82) is 0 Å². The summed E-state index contributed by atoms with van der Waals surface area (Å²) >= 11 is 0. The van der Waals surface area contributed by atoms with Crippen molar-refractivity contribution < 1.29 is 9.47 Å². The number of rotatable bonds is 7. The molecule has 0 aromatic heterocycles. The molecule has 0 saturated carbocycles. The van der Waals surface area contributed by atoms with Crippen molar-refractivity contribution >= 4 is 35.6 Å². The quantitative estimate of drug-likeness (QED) is 0.326. The third-order valence-electron chi connectivity index (χ3n) is 5.14. The molecule has 1 aliphatic rings. The minimum Gasteiger partial charge on any atom is -0.493 e. The van der Waals surface area contributed by atoms with Gasteiger partial charge in [-0.2, -0.15) is 0 Å². The highest BCUT2D eigenvalue weighted by Gasteiger charge is 2.23. The second-order valence-corrected chi connectivity index (χ2v) is 7.30. The first-order chi connectivity index (χ1) is 14.1. The van der Waals surface area contributed by atoms with Gasteiger partial charge in [0.25, 0.3) is 0 Å². The lowest BCUT2D eigenvalue weighted by molar-refractivity contribution is 0.354. The summed E-state index contributed by atoms with van der Waals surface area (Å²) in [6, 6.07) is 15.0. The van der Waals surface area contributed by atoms with Gasteiger partial charge in [0.2, 0.25) is 0 Å². The van der Waals surface area contributed by atoms with E-state index in [1.807, 2.05) is 18.2 Å². The molecule has 0 bridgehead atoms. The minimum atomic E-state index is 0. The number of aryl methyl sites for hydroxylation is 1. The minimum absolute atomic E-state index is 0. The van der Waals surface area contributed by atoms with E-state index in [2.05, 4.69) is 53.6 Å². The van der Waals surface area contributed by atoms with E-state index in [-0.39, 0.29) is 24.0 Å². The highest BCUT2D eigenvalue weighted by Crippen LogP contribution is 2.27. The number of nitrogens with zero attached hydrogens (tertiary/aromatic N) is 2. The van der Waals surface area contributed by atoms with Crippen LogP contribution in [-0.2, 0) is 6.54 Å². The third kappa shape index (κ3) is 6.42. The first kappa shape index (κ1) is 24.1. The maximum Gasteiger partial charge on any atom is 0.191 e. The first-order valence-corrected chi connectivity index (χ1v) is 10.2. The Balaban J connectivity index is 0.00000320. The van der Waals surface area contributed by atoms with E-state index >= 15 is 0 Å². The number of anilines is 1. The predicted octanol–water partition coefficient (Wildman–Crippen LogP) is 3.96. The van der Waals surface area contributed by atoms with Gasteiger partial charge in [-0.1, -0.05) is 23.8 Å². The van der Waals surface area contributed by atoms with Gasteiger partial charge in [0.1, 0.15) is 0 Å². The van der Waals surface area contributed by atoms with Crippen LogP contribution in [0.3, 0.4) is 0 Å². The Bertz CT molecular complexity index is 826. The molecular formula is C23H33IN4O2. The van der Waals surface area contributed by atoms with Gasteiger partial charge in [-0.05, 0) is 50.1 Å². The van der Waals surface area contributed by atoms with Gasteiger partial charge >= 0.3 is 0 Å². The van der Waals surface area contributed by atoms with E-state index in [4.69, 9.17) is 14.5 Å². The number of guanidine groups is 1. The van der Waals surface area contributed by atoms with E-state index in [0.717, 1.165) is 49.1 Å². The van der Waals surface area contributed by atoms with Gasteiger partial charge in [-0.25, -0.2) is 4.99 Å². The summed E-state index contributed by atoms with van der Waals surface area (Å²) in [6.07, 6.45) is 1.09. The second-order valence-electron chi connectivity index (χ2n) is 7.30. The topological polar surface area (TPSA) is 58.1 Å². The molecule has 0 spiro atoms. The predicted molar refractivity (Wildman–Crippen MR) is 135 cm³/mol. The fourth-order valence-electron chi connectivity index (χ4n) is 3.53. The Labute approximate surface area is 197 Å². The van der Waals surface area contributed by atoms with E-state index in [1.165, 1.54) is 11.3 Å². The highest BCUT2D eigenvalue weighted by molar-refractivity contribution is 14.0. The van der Waals surface area contributed by atoms with Crippen LogP contribution in [0.1, 0.15) is 24.5 Å². The number of methoxy groups -OCH3 is 2. The Kier molecular flexibility index (Phi) is 9.55.